The molecule has 1 saturated carbocycles. The number of halogens is 1. The predicted molar refractivity (Wildman–Crippen MR) is 103 cm³/mol. The number of nitriles is 1. The second-order valence-corrected chi connectivity index (χ2v) is 7.37. The molecular weight excluding hydrogens is 349 g/mol. The van der Waals surface area contributed by atoms with Gasteiger partial charge < -0.3 is 0 Å². The van der Waals surface area contributed by atoms with Gasteiger partial charge in [-0.15, -0.1) is 0 Å². The van der Waals surface area contributed by atoms with Crippen LogP contribution in [0.4, 0.5) is 4.39 Å². The number of nitrogens with zero attached hydrogens (tertiary/aromatic N) is 2. The summed E-state index contributed by atoms with van der Waals surface area (Å²) in [5.74, 6) is 0.0261. The average Bonchev–Trinajstić information content (AvgIpc) is 3.10. The minimum absolute atomic E-state index is 0.292. The van der Waals surface area contributed by atoms with Crippen LogP contribution < -0.4 is 9.44 Å². The van der Waals surface area contributed by atoms with Crippen LogP contribution in [0, 0.1) is 17.1 Å². The molecule has 1 fully saturated rings. The zero-order valence-corrected chi connectivity index (χ0v) is 15.7. The molecule has 1 aliphatic rings. The number of hydrogen-bond donors (Lipinski definition) is 3. The van der Waals surface area contributed by atoms with Crippen LogP contribution in [0.15, 0.2) is 24.3 Å². The average molecular weight is 374 g/mol. The lowest BCUT2D eigenvalue weighted by molar-refractivity contribution is 0.376. The minimum Gasteiger partial charge on any atom is -0.280 e. The topological polar surface area (TPSA) is 76.5 Å². The molecule has 138 valence electrons. The van der Waals surface area contributed by atoms with Crippen LogP contribution in [0.3, 0.4) is 0 Å². The Morgan fingerprint density at radius 2 is 2.00 bits per heavy atom. The highest BCUT2D eigenvalue weighted by atomic mass is 32.2. The van der Waals surface area contributed by atoms with Gasteiger partial charge in [-0.05, 0) is 56.4 Å². The summed E-state index contributed by atoms with van der Waals surface area (Å²) in [5, 5.41) is 17.1. The van der Waals surface area contributed by atoms with Crippen molar-refractivity contribution in [2.75, 3.05) is 6.54 Å². The van der Waals surface area contributed by atoms with Gasteiger partial charge in [-0.2, -0.15) is 10.4 Å². The van der Waals surface area contributed by atoms with Crippen LogP contribution in [0.2, 0.25) is 0 Å². The van der Waals surface area contributed by atoms with Gasteiger partial charge in [0.1, 0.15) is 23.1 Å². The summed E-state index contributed by atoms with van der Waals surface area (Å²) in [6, 6.07) is 8.91. The Morgan fingerprint density at radius 1 is 1.27 bits per heavy atom. The van der Waals surface area contributed by atoms with Crippen molar-refractivity contribution in [2.24, 2.45) is 0 Å². The predicted octanol–water partition coefficient (Wildman–Crippen LogP) is 4.27. The Hall–Kier alpha value is -1.88. The Kier molecular flexibility index (Phi) is 6.67. The van der Waals surface area contributed by atoms with E-state index in [-0.39, 0.29) is 5.82 Å². The minimum atomic E-state index is -0.292. The molecule has 5 nitrogen and oxygen atoms in total. The highest BCUT2D eigenvalue weighted by Crippen LogP contribution is 2.36. The van der Waals surface area contributed by atoms with E-state index in [1.165, 1.54) is 12.1 Å². The summed E-state index contributed by atoms with van der Waals surface area (Å²) in [7, 11) is 0. The third-order valence-corrected chi connectivity index (χ3v) is 5.61. The van der Waals surface area contributed by atoms with Crippen molar-refractivity contribution in [3.05, 3.63) is 41.3 Å². The molecule has 0 radical (unpaired) electrons. The first-order valence-corrected chi connectivity index (χ1v) is 9.93. The maximum absolute atomic E-state index is 13.1. The third kappa shape index (κ3) is 4.44. The summed E-state index contributed by atoms with van der Waals surface area (Å²) < 4.78 is 19.9. The molecule has 3 rings (SSSR count). The second-order valence-electron chi connectivity index (χ2n) is 6.64. The van der Waals surface area contributed by atoms with E-state index < -0.39 is 0 Å². The van der Waals surface area contributed by atoms with E-state index in [4.69, 9.17) is 0 Å². The summed E-state index contributed by atoms with van der Waals surface area (Å²) in [6.45, 7) is 3.15. The van der Waals surface area contributed by atoms with Gasteiger partial charge in [-0.1, -0.05) is 6.92 Å². The van der Waals surface area contributed by atoms with Crippen LogP contribution >= 0.6 is 12.1 Å². The van der Waals surface area contributed by atoms with E-state index in [0.29, 0.717) is 23.2 Å². The van der Waals surface area contributed by atoms with Crippen molar-refractivity contribution in [3.63, 3.8) is 0 Å². The van der Waals surface area contributed by atoms with Gasteiger partial charge in [0.15, 0.2) is 0 Å². The van der Waals surface area contributed by atoms with E-state index in [9.17, 15) is 9.65 Å². The molecule has 1 aromatic heterocycles. The number of benzene rings is 1. The Morgan fingerprint density at radius 3 is 2.65 bits per heavy atom. The first-order chi connectivity index (χ1) is 12.7. The van der Waals surface area contributed by atoms with Gasteiger partial charge in [-0.25, -0.2) is 9.11 Å². The van der Waals surface area contributed by atoms with E-state index in [0.717, 1.165) is 49.9 Å². The van der Waals surface area contributed by atoms with Gasteiger partial charge in [0.2, 0.25) is 0 Å². The van der Waals surface area contributed by atoms with Crippen molar-refractivity contribution in [1.29, 1.82) is 5.26 Å². The quantitative estimate of drug-likeness (QED) is 0.499. The van der Waals surface area contributed by atoms with E-state index in [2.05, 4.69) is 32.6 Å². The zero-order chi connectivity index (χ0) is 18.4. The highest BCUT2D eigenvalue weighted by molar-refractivity contribution is 7.95. The highest BCUT2D eigenvalue weighted by Gasteiger charge is 2.27. The van der Waals surface area contributed by atoms with E-state index >= 15 is 0 Å². The Labute approximate surface area is 158 Å². The molecule has 0 bridgehead atoms. The smallest absolute Gasteiger partial charge is 0.123 e. The molecule has 7 heteroatoms. The second kappa shape index (κ2) is 9.17. The molecule has 0 spiro atoms. The fourth-order valence-corrected chi connectivity index (χ4v) is 4.15. The van der Waals surface area contributed by atoms with Gasteiger partial charge in [0.05, 0.1) is 5.69 Å². The molecule has 26 heavy (non-hydrogen) atoms. The molecule has 0 amide bonds. The van der Waals surface area contributed by atoms with Crippen LogP contribution in [0.25, 0.3) is 11.3 Å². The van der Waals surface area contributed by atoms with Crippen molar-refractivity contribution in [3.8, 4) is 17.3 Å². The first kappa shape index (κ1) is 18.9. The van der Waals surface area contributed by atoms with Crippen LogP contribution in [-0.2, 0) is 0 Å². The maximum Gasteiger partial charge on any atom is 0.123 e. The zero-order valence-electron chi connectivity index (χ0n) is 14.9. The maximum atomic E-state index is 13.1. The summed E-state index contributed by atoms with van der Waals surface area (Å²) in [4.78, 5) is 0. The first-order valence-electron chi connectivity index (χ1n) is 9.11. The fraction of sp³-hybridized carbons (Fsp3) is 0.474. The van der Waals surface area contributed by atoms with Gasteiger partial charge >= 0.3 is 0 Å². The van der Waals surface area contributed by atoms with Crippen LogP contribution in [0.1, 0.15) is 56.2 Å². The fourth-order valence-electron chi connectivity index (χ4n) is 3.36. The molecule has 1 heterocycles. The monoisotopic (exact) mass is 373 g/mol. The summed E-state index contributed by atoms with van der Waals surface area (Å²) >= 11 is 1.59. The van der Waals surface area contributed by atoms with Gasteiger partial charge in [0, 0.05) is 36.2 Å². The van der Waals surface area contributed by atoms with Crippen LogP contribution in [0.5, 0.6) is 0 Å². The van der Waals surface area contributed by atoms with E-state index in [1.807, 2.05) is 0 Å². The summed E-state index contributed by atoms with van der Waals surface area (Å²) in [6.07, 6.45) is 5.30. The van der Waals surface area contributed by atoms with Crippen molar-refractivity contribution < 1.29 is 4.39 Å². The lowest BCUT2D eigenvalue weighted by Gasteiger charge is -2.28. The molecule has 2 aromatic rings. The number of rotatable bonds is 7. The molecule has 0 aliphatic heterocycles. The Bertz CT molecular complexity index is 744. The number of hydrogen-bond acceptors (Lipinski definition) is 5. The number of aromatic amines is 1. The van der Waals surface area contributed by atoms with Crippen molar-refractivity contribution in [1.82, 2.24) is 19.6 Å². The number of H-pyrrole nitrogens is 1. The van der Waals surface area contributed by atoms with Crippen molar-refractivity contribution in [2.45, 2.75) is 51.0 Å². The molecule has 0 atom stereocenters. The Balaban J connectivity index is 1.64. The standard InChI is InChI=1S/C19H24FN5S/c1-2-11-22-26-25-16-9-5-14(6-10-16)19-17(12-21)18(23-24-19)13-3-7-15(20)8-4-13/h3-4,7-8,14,16,22,25H,2,5-6,9-11H2,1H3,(H,23,24). The molecular formula is C19H24FN5S. The third-order valence-electron chi connectivity index (χ3n) is 4.81. The number of aromatic nitrogens is 2. The molecule has 0 unspecified atom stereocenters. The van der Waals surface area contributed by atoms with Crippen molar-refractivity contribution >= 4 is 12.1 Å². The molecule has 0 saturated heterocycles. The lowest BCUT2D eigenvalue weighted by Crippen LogP contribution is -2.30. The van der Waals surface area contributed by atoms with E-state index in [1.54, 1.807) is 24.3 Å². The lowest BCUT2D eigenvalue weighted by atomic mass is 9.83. The normalized spacial score (nSPS) is 20.0. The summed E-state index contributed by atoms with van der Waals surface area (Å²) in [5.41, 5.74) is 2.88. The van der Waals surface area contributed by atoms with Crippen LogP contribution in [-0.4, -0.2) is 22.8 Å². The number of nitrogens with one attached hydrogen (secondary N) is 3. The van der Waals surface area contributed by atoms with Gasteiger partial charge in [0.25, 0.3) is 0 Å². The largest absolute Gasteiger partial charge is 0.280 e. The molecule has 1 aliphatic carbocycles. The molecule has 1 aromatic carbocycles. The van der Waals surface area contributed by atoms with Gasteiger partial charge in [-0.3, -0.25) is 9.82 Å². The SMILES string of the molecule is CCCNSNC1CCC(c2[nH]nc(-c3ccc(F)cc3)c2C#N)CC1. The molecule has 3 N–H and O–H groups in total.